The Bertz CT molecular complexity index is 469. The molecule has 1 aliphatic carbocycles. The van der Waals surface area contributed by atoms with Gasteiger partial charge in [-0.1, -0.05) is 41.9 Å². The zero-order valence-corrected chi connectivity index (χ0v) is 13.8. The van der Waals surface area contributed by atoms with Gasteiger partial charge in [0.2, 0.25) is 0 Å². The summed E-state index contributed by atoms with van der Waals surface area (Å²) in [5, 5.41) is 3.43. The summed E-state index contributed by atoms with van der Waals surface area (Å²) in [6.07, 6.45) is 2.16. The first-order valence-electron chi connectivity index (χ1n) is 7.10. The van der Waals surface area contributed by atoms with Gasteiger partial charge in [-0.05, 0) is 42.4 Å². The molecule has 1 aromatic rings. The SMILES string of the molecule is COC(=O)C(NC1CC(c2cccc(Br)c2)C1)C(C)C. The van der Waals surface area contributed by atoms with E-state index in [1.807, 2.05) is 19.9 Å². The molecule has 0 heterocycles. The second kappa shape index (κ2) is 6.72. The molecule has 1 aliphatic rings. The zero-order valence-electron chi connectivity index (χ0n) is 12.2. The first-order valence-corrected chi connectivity index (χ1v) is 7.90. The minimum absolute atomic E-state index is 0.161. The van der Waals surface area contributed by atoms with Crippen LogP contribution in [0.2, 0.25) is 0 Å². The van der Waals surface area contributed by atoms with Crippen molar-refractivity contribution in [3.8, 4) is 0 Å². The summed E-state index contributed by atoms with van der Waals surface area (Å²) >= 11 is 3.51. The zero-order chi connectivity index (χ0) is 14.7. The van der Waals surface area contributed by atoms with E-state index in [2.05, 4.69) is 39.4 Å². The Balaban J connectivity index is 1.88. The molecule has 0 saturated heterocycles. The molecule has 4 heteroatoms. The molecule has 1 N–H and O–H groups in total. The first-order chi connectivity index (χ1) is 9.51. The van der Waals surface area contributed by atoms with E-state index in [0.29, 0.717) is 12.0 Å². The van der Waals surface area contributed by atoms with E-state index in [1.165, 1.54) is 12.7 Å². The summed E-state index contributed by atoms with van der Waals surface area (Å²) < 4.78 is 5.99. The fourth-order valence-electron chi connectivity index (χ4n) is 2.70. The minimum Gasteiger partial charge on any atom is -0.468 e. The van der Waals surface area contributed by atoms with Crippen molar-refractivity contribution in [1.82, 2.24) is 5.32 Å². The lowest BCUT2D eigenvalue weighted by Crippen LogP contribution is -2.51. The van der Waals surface area contributed by atoms with Crippen molar-refractivity contribution in [2.24, 2.45) is 5.92 Å². The summed E-state index contributed by atoms with van der Waals surface area (Å²) in [4.78, 5) is 11.7. The van der Waals surface area contributed by atoms with Crippen molar-refractivity contribution in [2.75, 3.05) is 7.11 Å². The summed E-state index contributed by atoms with van der Waals surface area (Å²) in [5.41, 5.74) is 1.37. The molecular weight excluding hydrogens is 318 g/mol. The molecule has 0 aromatic heterocycles. The average Bonchev–Trinajstić information content (AvgIpc) is 2.36. The Labute approximate surface area is 129 Å². The second-order valence-electron chi connectivity index (χ2n) is 5.83. The number of esters is 1. The number of halogens is 1. The van der Waals surface area contributed by atoms with Gasteiger partial charge < -0.3 is 10.1 Å². The summed E-state index contributed by atoms with van der Waals surface area (Å²) in [5.74, 6) is 0.675. The number of ether oxygens (including phenoxy) is 1. The van der Waals surface area contributed by atoms with Crippen LogP contribution < -0.4 is 5.32 Å². The molecule has 20 heavy (non-hydrogen) atoms. The van der Waals surface area contributed by atoms with Crippen LogP contribution in [0.4, 0.5) is 0 Å². The Morgan fingerprint density at radius 1 is 1.40 bits per heavy atom. The van der Waals surface area contributed by atoms with Crippen LogP contribution in [0.25, 0.3) is 0 Å². The smallest absolute Gasteiger partial charge is 0.323 e. The van der Waals surface area contributed by atoms with Gasteiger partial charge in [0.05, 0.1) is 7.11 Å². The van der Waals surface area contributed by atoms with Crippen molar-refractivity contribution in [3.63, 3.8) is 0 Å². The van der Waals surface area contributed by atoms with E-state index in [-0.39, 0.29) is 17.9 Å². The summed E-state index contributed by atoms with van der Waals surface area (Å²) in [7, 11) is 1.45. The number of hydrogen-bond donors (Lipinski definition) is 1. The molecule has 0 aliphatic heterocycles. The second-order valence-corrected chi connectivity index (χ2v) is 6.75. The van der Waals surface area contributed by atoms with Crippen LogP contribution in [0.15, 0.2) is 28.7 Å². The van der Waals surface area contributed by atoms with Crippen molar-refractivity contribution in [3.05, 3.63) is 34.3 Å². The van der Waals surface area contributed by atoms with Crippen molar-refractivity contribution >= 4 is 21.9 Å². The molecule has 3 nitrogen and oxygen atoms in total. The number of hydrogen-bond acceptors (Lipinski definition) is 3. The van der Waals surface area contributed by atoms with E-state index in [9.17, 15) is 4.79 Å². The molecule has 1 unspecified atom stereocenters. The van der Waals surface area contributed by atoms with E-state index in [0.717, 1.165) is 17.3 Å². The molecule has 1 atom stereocenters. The number of methoxy groups -OCH3 is 1. The molecule has 2 rings (SSSR count). The molecule has 1 aromatic carbocycles. The number of benzene rings is 1. The Morgan fingerprint density at radius 2 is 2.10 bits per heavy atom. The molecule has 1 fully saturated rings. The first kappa shape index (κ1) is 15.5. The predicted molar refractivity (Wildman–Crippen MR) is 83.7 cm³/mol. The summed E-state index contributed by atoms with van der Waals surface area (Å²) in [6.45, 7) is 4.08. The highest BCUT2D eigenvalue weighted by molar-refractivity contribution is 9.10. The van der Waals surface area contributed by atoms with Gasteiger partial charge >= 0.3 is 5.97 Å². The van der Waals surface area contributed by atoms with Crippen LogP contribution in [0.5, 0.6) is 0 Å². The van der Waals surface area contributed by atoms with Crippen LogP contribution in [-0.4, -0.2) is 25.2 Å². The van der Waals surface area contributed by atoms with E-state index < -0.39 is 0 Å². The van der Waals surface area contributed by atoms with Gasteiger partial charge in [-0.2, -0.15) is 0 Å². The largest absolute Gasteiger partial charge is 0.468 e. The third-order valence-electron chi connectivity index (χ3n) is 4.00. The van der Waals surface area contributed by atoms with Crippen LogP contribution >= 0.6 is 15.9 Å². The van der Waals surface area contributed by atoms with Gasteiger partial charge in [-0.25, -0.2) is 0 Å². The maximum absolute atomic E-state index is 11.7. The highest BCUT2D eigenvalue weighted by Crippen LogP contribution is 2.38. The van der Waals surface area contributed by atoms with Gasteiger partial charge in [-0.3, -0.25) is 4.79 Å². The number of carbonyl (C=O) groups is 1. The van der Waals surface area contributed by atoms with Gasteiger partial charge in [0.25, 0.3) is 0 Å². The monoisotopic (exact) mass is 339 g/mol. The Kier molecular flexibility index (Phi) is 5.22. The number of carbonyl (C=O) groups excluding carboxylic acids is 1. The molecule has 1 saturated carbocycles. The van der Waals surface area contributed by atoms with E-state index in [1.54, 1.807) is 0 Å². The lowest BCUT2D eigenvalue weighted by Gasteiger charge is -2.39. The van der Waals surface area contributed by atoms with Gasteiger partial charge in [0.1, 0.15) is 6.04 Å². The quantitative estimate of drug-likeness (QED) is 0.834. The van der Waals surface area contributed by atoms with Crippen LogP contribution in [-0.2, 0) is 9.53 Å². The highest BCUT2D eigenvalue weighted by Gasteiger charge is 2.34. The maximum Gasteiger partial charge on any atom is 0.323 e. The fourth-order valence-corrected chi connectivity index (χ4v) is 3.12. The lowest BCUT2D eigenvalue weighted by molar-refractivity contribution is -0.144. The molecule has 0 radical (unpaired) electrons. The molecule has 0 amide bonds. The average molecular weight is 340 g/mol. The summed E-state index contributed by atoms with van der Waals surface area (Å²) in [6, 6.07) is 8.68. The third-order valence-corrected chi connectivity index (χ3v) is 4.49. The van der Waals surface area contributed by atoms with Gasteiger partial charge in [0, 0.05) is 10.5 Å². The predicted octanol–water partition coefficient (Wildman–Crippen LogP) is 3.48. The van der Waals surface area contributed by atoms with Gasteiger partial charge in [-0.15, -0.1) is 0 Å². The third kappa shape index (κ3) is 3.61. The van der Waals surface area contributed by atoms with Crippen molar-refractivity contribution < 1.29 is 9.53 Å². The standard InChI is InChI=1S/C16H22BrNO2/c1-10(2)15(16(19)20-3)18-14-8-12(9-14)11-5-4-6-13(17)7-11/h4-7,10,12,14-15,18H,8-9H2,1-3H3. The maximum atomic E-state index is 11.7. The topological polar surface area (TPSA) is 38.3 Å². The Morgan fingerprint density at radius 3 is 2.65 bits per heavy atom. The van der Waals surface area contributed by atoms with E-state index in [4.69, 9.17) is 4.74 Å². The fraction of sp³-hybridized carbons (Fsp3) is 0.562. The normalized spacial score (nSPS) is 23.2. The molecule has 0 bridgehead atoms. The number of nitrogens with one attached hydrogen (secondary N) is 1. The van der Waals surface area contributed by atoms with Gasteiger partial charge in [0.15, 0.2) is 0 Å². The minimum atomic E-state index is -0.201. The molecule has 110 valence electrons. The number of rotatable bonds is 5. The van der Waals surface area contributed by atoms with Crippen LogP contribution in [0, 0.1) is 5.92 Å². The molecular formula is C16H22BrNO2. The van der Waals surface area contributed by atoms with Crippen molar-refractivity contribution in [1.29, 1.82) is 0 Å². The van der Waals surface area contributed by atoms with Crippen LogP contribution in [0.1, 0.15) is 38.2 Å². The van der Waals surface area contributed by atoms with Crippen molar-refractivity contribution in [2.45, 2.75) is 44.7 Å². The lowest BCUT2D eigenvalue weighted by atomic mass is 9.75. The highest BCUT2D eigenvalue weighted by atomic mass is 79.9. The van der Waals surface area contributed by atoms with E-state index >= 15 is 0 Å². The Hall–Kier alpha value is -0.870. The van der Waals surface area contributed by atoms with Crippen LogP contribution in [0.3, 0.4) is 0 Å². The molecule has 0 spiro atoms.